The first kappa shape index (κ1) is 16.3. The SMILES string of the molecule is O=C(COc1ccccc1F)N/N=C/c1ccc(Cl)cc1Cl. The molecule has 0 spiro atoms. The summed E-state index contributed by atoms with van der Waals surface area (Å²) in [5.74, 6) is -1.06. The Labute approximate surface area is 136 Å². The second-order valence-electron chi connectivity index (χ2n) is 4.18. The van der Waals surface area contributed by atoms with Crippen molar-refractivity contribution in [1.82, 2.24) is 5.43 Å². The van der Waals surface area contributed by atoms with Crippen LogP contribution in [0.3, 0.4) is 0 Å². The highest BCUT2D eigenvalue weighted by Crippen LogP contribution is 2.19. The fourth-order valence-electron chi connectivity index (χ4n) is 1.52. The van der Waals surface area contributed by atoms with Crippen LogP contribution in [-0.4, -0.2) is 18.7 Å². The fraction of sp³-hybridized carbons (Fsp3) is 0.0667. The number of ether oxygens (including phenoxy) is 1. The lowest BCUT2D eigenvalue weighted by molar-refractivity contribution is -0.123. The molecule has 2 aromatic carbocycles. The van der Waals surface area contributed by atoms with E-state index in [1.165, 1.54) is 24.4 Å². The highest BCUT2D eigenvalue weighted by molar-refractivity contribution is 6.36. The molecule has 0 unspecified atom stereocenters. The quantitative estimate of drug-likeness (QED) is 0.667. The summed E-state index contributed by atoms with van der Waals surface area (Å²) < 4.78 is 18.3. The Morgan fingerprint density at radius 1 is 1.27 bits per heavy atom. The number of carbonyl (C=O) groups is 1. The van der Waals surface area contributed by atoms with Gasteiger partial charge in [-0.2, -0.15) is 5.10 Å². The minimum Gasteiger partial charge on any atom is -0.481 e. The summed E-state index contributed by atoms with van der Waals surface area (Å²) in [4.78, 5) is 11.5. The number of hydrazone groups is 1. The van der Waals surface area contributed by atoms with Crippen molar-refractivity contribution in [2.45, 2.75) is 0 Å². The number of para-hydroxylation sites is 1. The van der Waals surface area contributed by atoms with Gasteiger partial charge in [0, 0.05) is 10.6 Å². The predicted molar refractivity (Wildman–Crippen MR) is 84.1 cm³/mol. The number of hydrogen-bond acceptors (Lipinski definition) is 3. The van der Waals surface area contributed by atoms with Crippen LogP contribution in [0.5, 0.6) is 5.75 Å². The van der Waals surface area contributed by atoms with Gasteiger partial charge in [-0.05, 0) is 24.3 Å². The lowest BCUT2D eigenvalue weighted by Gasteiger charge is -2.05. The summed E-state index contributed by atoms with van der Waals surface area (Å²) in [5, 5.41) is 4.66. The van der Waals surface area contributed by atoms with Crippen LogP contribution < -0.4 is 10.2 Å². The molecule has 0 fully saturated rings. The number of rotatable bonds is 5. The van der Waals surface area contributed by atoms with Gasteiger partial charge in [0.05, 0.1) is 11.2 Å². The predicted octanol–water partition coefficient (Wildman–Crippen LogP) is 3.66. The molecule has 1 amide bonds. The van der Waals surface area contributed by atoms with E-state index in [1.807, 2.05) is 0 Å². The van der Waals surface area contributed by atoms with E-state index in [9.17, 15) is 9.18 Å². The number of hydrogen-bond donors (Lipinski definition) is 1. The average Bonchev–Trinajstić information content (AvgIpc) is 2.49. The second-order valence-corrected chi connectivity index (χ2v) is 5.02. The molecule has 0 bridgehead atoms. The maximum Gasteiger partial charge on any atom is 0.277 e. The van der Waals surface area contributed by atoms with Crippen molar-refractivity contribution >= 4 is 35.3 Å². The Morgan fingerprint density at radius 3 is 2.77 bits per heavy atom. The third-order valence-corrected chi connectivity index (χ3v) is 3.11. The van der Waals surface area contributed by atoms with E-state index in [4.69, 9.17) is 27.9 Å². The smallest absolute Gasteiger partial charge is 0.277 e. The average molecular weight is 341 g/mol. The van der Waals surface area contributed by atoms with Crippen molar-refractivity contribution in [1.29, 1.82) is 0 Å². The van der Waals surface area contributed by atoms with Crippen molar-refractivity contribution in [3.8, 4) is 5.75 Å². The van der Waals surface area contributed by atoms with Gasteiger partial charge in [-0.3, -0.25) is 4.79 Å². The zero-order valence-corrected chi connectivity index (χ0v) is 12.7. The Balaban J connectivity index is 1.85. The molecular formula is C15H11Cl2FN2O2. The van der Waals surface area contributed by atoms with Gasteiger partial charge in [0.15, 0.2) is 18.2 Å². The van der Waals surface area contributed by atoms with Crippen LogP contribution in [0, 0.1) is 5.82 Å². The molecular weight excluding hydrogens is 330 g/mol. The summed E-state index contributed by atoms with van der Waals surface area (Å²) >= 11 is 11.7. The third kappa shape index (κ3) is 4.72. The van der Waals surface area contributed by atoms with E-state index < -0.39 is 11.7 Å². The van der Waals surface area contributed by atoms with Gasteiger partial charge >= 0.3 is 0 Å². The standard InChI is InChI=1S/C15H11Cl2FN2O2/c16-11-6-5-10(12(17)7-11)8-19-20-15(21)9-22-14-4-2-1-3-13(14)18/h1-8H,9H2,(H,20,21)/b19-8+. The van der Waals surface area contributed by atoms with Gasteiger partial charge in [0.25, 0.3) is 5.91 Å². The summed E-state index contributed by atoms with van der Waals surface area (Å²) in [6, 6.07) is 10.7. The molecule has 1 N–H and O–H groups in total. The Hall–Kier alpha value is -2.11. The van der Waals surface area contributed by atoms with Crippen molar-refractivity contribution in [3.05, 3.63) is 63.9 Å². The Morgan fingerprint density at radius 2 is 2.05 bits per heavy atom. The van der Waals surface area contributed by atoms with Crippen LogP contribution >= 0.6 is 23.2 Å². The first-order valence-electron chi connectivity index (χ1n) is 6.20. The minimum atomic E-state index is -0.535. The molecule has 0 saturated carbocycles. The molecule has 2 rings (SSSR count). The molecule has 2 aromatic rings. The van der Waals surface area contributed by atoms with Crippen molar-refractivity contribution in [2.24, 2.45) is 5.10 Å². The first-order valence-corrected chi connectivity index (χ1v) is 6.96. The highest BCUT2D eigenvalue weighted by Gasteiger charge is 2.05. The van der Waals surface area contributed by atoms with Gasteiger partial charge in [0.1, 0.15) is 0 Å². The molecule has 0 atom stereocenters. The monoisotopic (exact) mass is 340 g/mol. The number of nitrogens with zero attached hydrogens (tertiary/aromatic N) is 1. The molecule has 0 aromatic heterocycles. The van der Waals surface area contributed by atoms with Crippen molar-refractivity contribution in [3.63, 3.8) is 0 Å². The largest absolute Gasteiger partial charge is 0.481 e. The molecule has 0 saturated heterocycles. The lowest BCUT2D eigenvalue weighted by Crippen LogP contribution is -2.24. The van der Waals surface area contributed by atoms with E-state index in [2.05, 4.69) is 10.5 Å². The maximum atomic E-state index is 13.3. The van der Waals surface area contributed by atoms with Gasteiger partial charge in [-0.15, -0.1) is 0 Å². The first-order chi connectivity index (χ1) is 10.6. The van der Waals surface area contributed by atoms with E-state index in [0.717, 1.165) is 0 Å². The summed E-state index contributed by atoms with van der Waals surface area (Å²) in [7, 11) is 0. The molecule has 114 valence electrons. The van der Waals surface area contributed by atoms with Gasteiger partial charge in [-0.25, -0.2) is 9.82 Å². The topological polar surface area (TPSA) is 50.7 Å². The fourth-order valence-corrected chi connectivity index (χ4v) is 1.97. The van der Waals surface area contributed by atoms with Gasteiger partial charge < -0.3 is 4.74 Å². The molecule has 0 heterocycles. The van der Waals surface area contributed by atoms with E-state index in [0.29, 0.717) is 15.6 Å². The van der Waals surface area contributed by atoms with Crippen LogP contribution in [0.2, 0.25) is 10.0 Å². The molecule has 7 heteroatoms. The van der Waals surface area contributed by atoms with Crippen LogP contribution in [0.4, 0.5) is 4.39 Å². The van der Waals surface area contributed by atoms with Gasteiger partial charge in [0.2, 0.25) is 0 Å². The molecule has 0 radical (unpaired) electrons. The molecule has 0 aliphatic heterocycles. The lowest BCUT2D eigenvalue weighted by atomic mass is 10.2. The normalized spacial score (nSPS) is 10.7. The maximum absolute atomic E-state index is 13.3. The summed E-state index contributed by atoms with van der Waals surface area (Å²) in [5.41, 5.74) is 2.85. The van der Waals surface area contributed by atoms with Crippen LogP contribution in [0.15, 0.2) is 47.6 Å². The zero-order valence-electron chi connectivity index (χ0n) is 11.2. The Bertz CT molecular complexity index is 708. The van der Waals surface area contributed by atoms with Crippen LogP contribution in [0.25, 0.3) is 0 Å². The second kappa shape index (κ2) is 7.77. The molecule has 0 aliphatic rings. The molecule has 4 nitrogen and oxygen atoms in total. The number of carbonyl (C=O) groups excluding carboxylic acids is 1. The Kier molecular flexibility index (Phi) is 5.75. The van der Waals surface area contributed by atoms with E-state index >= 15 is 0 Å². The van der Waals surface area contributed by atoms with Crippen LogP contribution in [0.1, 0.15) is 5.56 Å². The minimum absolute atomic E-state index is 0.00220. The third-order valence-electron chi connectivity index (χ3n) is 2.55. The number of benzene rings is 2. The van der Waals surface area contributed by atoms with E-state index in [-0.39, 0.29) is 12.4 Å². The van der Waals surface area contributed by atoms with Crippen molar-refractivity contribution < 1.29 is 13.9 Å². The molecule has 0 aliphatic carbocycles. The number of halogens is 3. The number of nitrogens with one attached hydrogen (secondary N) is 1. The van der Waals surface area contributed by atoms with Gasteiger partial charge in [-0.1, -0.05) is 41.4 Å². The highest BCUT2D eigenvalue weighted by atomic mass is 35.5. The number of amides is 1. The molecule has 22 heavy (non-hydrogen) atoms. The summed E-state index contributed by atoms with van der Waals surface area (Å²) in [6.45, 7) is -0.355. The van der Waals surface area contributed by atoms with Crippen molar-refractivity contribution in [2.75, 3.05) is 6.61 Å². The van der Waals surface area contributed by atoms with Crippen LogP contribution in [-0.2, 0) is 4.79 Å². The van der Waals surface area contributed by atoms with E-state index in [1.54, 1.807) is 24.3 Å². The summed E-state index contributed by atoms with van der Waals surface area (Å²) in [6.07, 6.45) is 1.37. The zero-order chi connectivity index (χ0) is 15.9.